The highest BCUT2D eigenvalue weighted by Gasteiger charge is 2.47. The minimum Gasteiger partial charge on any atom is -0.480 e. The Hall–Kier alpha value is -2.05. The molecule has 2 rings (SSSR count). The van der Waals surface area contributed by atoms with Crippen molar-refractivity contribution in [3.05, 3.63) is 35.4 Å². The van der Waals surface area contributed by atoms with Crippen molar-refractivity contribution >= 4 is 11.9 Å². The number of amides is 1. The molecule has 0 aliphatic heterocycles. The molecule has 3 unspecified atom stereocenters. The predicted octanol–water partition coefficient (Wildman–Crippen LogP) is 1.61. The number of hydrogen-bond donors (Lipinski definition) is 2. The van der Waals surface area contributed by atoms with Crippen molar-refractivity contribution in [2.45, 2.75) is 18.4 Å². The number of carbonyl (C=O) groups excluding carboxylic acids is 1. The van der Waals surface area contributed by atoms with Gasteiger partial charge in [0.05, 0.1) is 0 Å². The quantitative estimate of drug-likeness (QED) is 0.864. The van der Waals surface area contributed by atoms with E-state index >= 15 is 0 Å². The van der Waals surface area contributed by atoms with Crippen LogP contribution >= 0.6 is 0 Å². The molecule has 1 aromatic rings. The van der Waals surface area contributed by atoms with E-state index in [0.717, 1.165) is 12.1 Å². The van der Waals surface area contributed by atoms with Crippen LogP contribution in [0.15, 0.2) is 18.2 Å². The highest BCUT2D eigenvalue weighted by molar-refractivity contribution is 5.87. The van der Waals surface area contributed by atoms with E-state index in [1.165, 1.54) is 6.07 Å². The van der Waals surface area contributed by atoms with Gasteiger partial charge in [0.25, 0.3) is 0 Å². The summed E-state index contributed by atoms with van der Waals surface area (Å²) in [6, 6.07) is 1.77. The SMILES string of the molecule is O=C(O)C(CF)NC(=O)C1CC1c1c(F)cccc1F. The summed E-state index contributed by atoms with van der Waals surface area (Å²) in [5, 5.41) is 10.6. The van der Waals surface area contributed by atoms with Crippen LogP contribution in [0.4, 0.5) is 13.2 Å². The largest absolute Gasteiger partial charge is 0.480 e. The average molecular weight is 287 g/mol. The fourth-order valence-corrected chi connectivity index (χ4v) is 2.11. The molecule has 0 radical (unpaired) electrons. The number of carboxylic acid groups (broad SMARTS) is 1. The van der Waals surface area contributed by atoms with Crippen molar-refractivity contribution in [1.29, 1.82) is 0 Å². The highest BCUT2D eigenvalue weighted by Crippen LogP contribution is 2.49. The van der Waals surface area contributed by atoms with Crippen LogP contribution in [0.25, 0.3) is 0 Å². The molecule has 0 spiro atoms. The zero-order valence-electron chi connectivity index (χ0n) is 10.3. The molecule has 4 nitrogen and oxygen atoms in total. The lowest BCUT2D eigenvalue weighted by atomic mass is 10.1. The molecule has 1 aromatic carbocycles. The zero-order chi connectivity index (χ0) is 14.9. The number of alkyl halides is 1. The lowest BCUT2D eigenvalue weighted by Crippen LogP contribution is -2.43. The lowest BCUT2D eigenvalue weighted by molar-refractivity contribution is -0.142. The molecule has 0 aromatic heterocycles. The first-order chi connectivity index (χ1) is 9.45. The van der Waals surface area contributed by atoms with Crippen LogP contribution in [0.1, 0.15) is 17.9 Å². The number of carboxylic acids is 1. The molecule has 1 amide bonds. The molecule has 108 valence electrons. The Morgan fingerprint density at radius 3 is 2.45 bits per heavy atom. The molecular formula is C13H12F3NO3. The van der Waals surface area contributed by atoms with Crippen LogP contribution in [0.3, 0.4) is 0 Å². The second-order valence-electron chi connectivity index (χ2n) is 4.64. The first-order valence-corrected chi connectivity index (χ1v) is 5.98. The first kappa shape index (κ1) is 14.4. The fraction of sp³-hybridized carbons (Fsp3) is 0.385. The molecule has 1 aliphatic carbocycles. The third-order valence-corrected chi connectivity index (χ3v) is 3.27. The summed E-state index contributed by atoms with van der Waals surface area (Å²) in [4.78, 5) is 22.3. The van der Waals surface area contributed by atoms with Crippen molar-refractivity contribution in [3.8, 4) is 0 Å². The van der Waals surface area contributed by atoms with Crippen molar-refractivity contribution in [1.82, 2.24) is 5.32 Å². The Labute approximate surface area is 112 Å². The van der Waals surface area contributed by atoms with Gasteiger partial charge >= 0.3 is 5.97 Å². The van der Waals surface area contributed by atoms with Gasteiger partial charge in [-0.05, 0) is 18.6 Å². The van der Waals surface area contributed by atoms with E-state index in [1.807, 2.05) is 5.32 Å². The van der Waals surface area contributed by atoms with Gasteiger partial charge in [0.15, 0.2) is 6.04 Å². The molecular weight excluding hydrogens is 275 g/mol. The molecule has 7 heteroatoms. The van der Waals surface area contributed by atoms with E-state index in [0.29, 0.717) is 0 Å². The van der Waals surface area contributed by atoms with E-state index in [4.69, 9.17) is 5.11 Å². The number of nitrogens with one attached hydrogen (secondary N) is 1. The van der Waals surface area contributed by atoms with Crippen LogP contribution in [0, 0.1) is 17.6 Å². The maximum absolute atomic E-state index is 13.5. The van der Waals surface area contributed by atoms with Gasteiger partial charge in [-0.1, -0.05) is 6.07 Å². The van der Waals surface area contributed by atoms with Crippen molar-refractivity contribution < 1.29 is 27.9 Å². The van der Waals surface area contributed by atoms with Gasteiger partial charge in [0, 0.05) is 17.4 Å². The standard InChI is InChI=1S/C13H12F3NO3/c14-5-10(13(19)20)17-12(18)7-4-6(7)11-8(15)2-1-3-9(11)16/h1-3,6-7,10H,4-5H2,(H,17,18)(H,19,20). The van der Waals surface area contributed by atoms with Crippen molar-refractivity contribution in [2.75, 3.05) is 6.67 Å². The van der Waals surface area contributed by atoms with Crippen molar-refractivity contribution in [2.24, 2.45) is 5.92 Å². The van der Waals surface area contributed by atoms with Crippen LogP contribution < -0.4 is 5.32 Å². The van der Waals surface area contributed by atoms with Gasteiger partial charge in [-0.25, -0.2) is 18.0 Å². The van der Waals surface area contributed by atoms with E-state index < -0.39 is 48.1 Å². The van der Waals surface area contributed by atoms with E-state index in [1.54, 1.807) is 0 Å². The Morgan fingerprint density at radius 1 is 1.35 bits per heavy atom. The van der Waals surface area contributed by atoms with Gasteiger partial charge in [0.2, 0.25) is 5.91 Å². The van der Waals surface area contributed by atoms with Crippen LogP contribution in [-0.4, -0.2) is 29.7 Å². The second kappa shape index (κ2) is 5.52. The van der Waals surface area contributed by atoms with E-state index in [2.05, 4.69) is 0 Å². The number of halogens is 3. The number of carbonyl (C=O) groups is 2. The second-order valence-corrected chi connectivity index (χ2v) is 4.64. The summed E-state index contributed by atoms with van der Waals surface area (Å²) in [7, 11) is 0. The number of hydrogen-bond acceptors (Lipinski definition) is 2. The topological polar surface area (TPSA) is 66.4 Å². The molecule has 0 saturated heterocycles. The Bertz CT molecular complexity index is 529. The first-order valence-electron chi connectivity index (χ1n) is 5.98. The van der Waals surface area contributed by atoms with Gasteiger partial charge in [-0.15, -0.1) is 0 Å². The maximum Gasteiger partial charge on any atom is 0.328 e. The van der Waals surface area contributed by atoms with E-state index in [-0.39, 0.29) is 12.0 Å². The van der Waals surface area contributed by atoms with Gasteiger partial charge in [-0.2, -0.15) is 0 Å². The fourth-order valence-electron chi connectivity index (χ4n) is 2.11. The lowest BCUT2D eigenvalue weighted by Gasteiger charge is -2.10. The third-order valence-electron chi connectivity index (χ3n) is 3.27. The molecule has 0 bridgehead atoms. The van der Waals surface area contributed by atoms with Crippen LogP contribution in [0.5, 0.6) is 0 Å². The molecule has 0 heterocycles. The zero-order valence-corrected chi connectivity index (χ0v) is 10.3. The minimum atomic E-state index is -1.63. The molecule has 1 aliphatic rings. The summed E-state index contributed by atoms with van der Waals surface area (Å²) < 4.78 is 39.4. The normalized spacial score (nSPS) is 22.1. The third kappa shape index (κ3) is 2.76. The molecule has 20 heavy (non-hydrogen) atoms. The number of rotatable bonds is 5. The Morgan fingerprint density at radius 2 is 1.95 bits per heavy atom. The highest BCUT2D eigenvalue weighted by atomic mass is 19.1. The van der Waals surface area contributed by atoms with Gasteiger partial charge in [0.1, 0.15) is 18.3 Å². The summed E-state index contributed by atoms with van der Waals surface area (Å²) in [6.45, 7) is -1.24. The minimum absolute atomic E-state index is 0.181. The molecule has 1 saturated carbocycles. The summed E-state index contributed by atoms with van der Waals surface area (Å²) in [5.41, 5.74) is -0.181. The summed E-state index contributed by atoms with van der Waals surface area (Å²) >= 11 is 0. The summed E-state index contributed by atoms with van der Waals surface area (Å²) in [6.07, 6.45) is 0.211. The number of benzene rings is 1. The van der Waals surface area contributed by atoms with E-state index in [9.17, 15) is 22.8 Å². The van der Waals surface area contributed by atoms with Gasteiger partial charge in [-0.3, -0.25) is 4.79 Å². The smallest absolute Gasteiger partial charge is 0.328 e. The van der Waals surface area contributed by atoms with Crippen LogP contribution in [-0.2, 0) is 9.59 Å². The average Bonchev–Trinajstić information content (AvgIpc) is 3.15. The molecule has 3 atom stereocenters. The monoisotopic (exact) mass is 287 g/mol. The Kier molecular flexibility index (Phi) is 3.96. The molecule has 1 fully saturated rings. The predicted molar refractivity (Wildman–Crippen MR) is 62.7 cm³/mol. The summed E-state index contributed by atoms with van der Waals surface area (Å²) in [5.74, 6) is -5.05. The number of aliphatic carboxylic acids is 1. The van der Waals surface area contributed by atoms with Crippen LogP contribution in [0.2, 0.25) is 0 Å². The molecule has 2 N–H and O–H groups in total. The van der Waals surface area contributed by atoms with Gasteiger partial charge < -0.3 is 10.4 Å². The Balaban J connectivity index is 2.05. The maximum atomic E-state index is 13.5. The van der Waals surface area contributed by atoms with Crippen molar-refractivity contribution in [3.63, 3.8) is 0 Å².